The van der Waals surface area contributed by atoms with Gasteiger partial charge in [-0.05, 0) is 51.7 Å². The second-order valence-corrected chi connectivity index (χ2v) is 9.87. The number of amides is 4. The molecule has 0 aromatic carbocycles. The van der Waals surface area contributed by atoms with Crippen molar-refractivity contribution in [2.75, 3.05) is 50.4 Å². The first kappa shape index (κ1) is 31.1. The van der Waals surface area contributed by atoms with Crippen LogP contribution >= 0.6 is 0 Å². The Balaban J connectivity index is 1.45. The van der Waals surface area contributed by atoms with Crippen LogP contribution in [-0.4, -0.2) is 87.0 Å². The van der Waals surface area contributed by atoms with Crippen LogP contribution < -0.4 is 27.0 Å². The lowest BCUT2D eigenvalue weighted by Gasteiger charge is -2.15. The number of nitrogens with two attached hydrogens (primary N) is 1. The summed E-state index contributed by atoms with van der Waals surface area (Å²) in [5, 5.41) is 11.1. The Morgan fingerprint density at radius 2 is 1.44 bits per heavy atom. The molecule has 0 atom stereocenters. The molecule has 0 fully saturated rings. The topological polar surface area (TPSA) is 173 Å². The fraction of sp³-hybridized carbons (Fsp3) is 0.444. The number of aryl methyl sites for hydroxylation is 3. The predicted octanol–water partition coefficient (Wildman–Crippen LogP) is 0.509. The summed E-state index contributed by atoms with van der Waals surface area (Å²) < 4.78 is 4.78. The zero-order valence-electron chi connectivity index (χ0n) is 24.1. The van der Waals surface area contributed by atoms with E-state index < -0.39 is 11.8 Å². The number of hydrogen-bond acceptors (Lipinski definition) is 7. The minimum Gasteiger partial charge on any atom is -0.356 e. The van der Waals surface area contributed by atoms with Gasteiger partial charge in [0.15, 0.2) is 5.82 Å². The van der Waals surface area contributed by atoms with Gasteiger partial charge in [-0.25, -0.2) is 4.98 Å². The third-order valence-corrected chi connectivity index (χ3v) is 6.44. The maximum atomic E-state index is 12.9. The van der Waals surface area contributed by atoms with Crippen molar-refractivity contribution < 1.29 is 19.2 Å². The van der Waals surface area contributed by atoms with E-state index in [0.29, 0.717) is 35.9 Å². The van der Waals surface area contributed by atoms with Crippen molar-refractivity contribution in [3.05, 3.63) is 54.1 Å². The first-order valence-corrected chi connectivity index (χ1v) is 13.4. The van der Waals surface area contributed by atoms with E-state index in [1.165, 1.54) is 6.20 Å². The van der Waals surface area contributed by atoms with E-state index >= 15 is 0 Å². The number of hydrogen-bond donors (Lipinski definition) is 5. The Bertz CT molecular complexity index is 1360. The van der Waals surface area contributed by atoms with E-state index in [1.807, 2.05) is 7.05 Å². The molecule has 0 aliphatic heterocycles. The molecule has 3 aromatic rings. The van der Waals surface area contributed by atoms with Gasteiger partial charge in [0.1, 0.15) is 11.4 Å². The Morgan fingerprint density at radius 1 is 0.829 bits per heavy atom. The van der Waals surface area contributed by atoms with Crippen molar-refractivity contribution in [2.45, 2.75) is 19.3 Å². The molecule has 0 radical (unpaired) electrons. The maximum Gasteiger partial charge on any atom is 0.291 e. The summed E-state index contributed by atoms with van der Waals surface area (Å²) >= 11 is 0. The third-order valence-electron chi connectivity index (χ3n) is 6.44. The largest absolute Gasteiger partial charge is 0.356 e. The zero-order chi connectivity index (χ0) is 29.9. The number of carbonyl (C=O) groups excluding carboxylic acids is 4. The molecule has 3 rings (SSSR count). The monoisotopic (exact) mass is 568 g/mol. The SMILES string of the molecule is CN(CCCN)CCCNC(=O)CCNC(=O)c1cc(NC(=O)c2cc(NC(=O)c3nccn3C)cn2C)cn1C. The maximum absolute atomic E-state index is 12.9. The lowest BCUT2D eigenvalue weighted by Crippen LogP contribution is -2.33. The molecular formula is C27H40N10O4. The molecule has 6 N–H and O–H groups in total. The van der Waals surface area contributed by atoms with E-state index in [-0.39, 0.29) is 30.6 Å². The summed E-state index contributed by atoms with van der Waals surface area (Å²) in [5.41, 5.74) is 7.02. The Morgan fingerprint density at radius 3 is 2.05 bits per heavy atom. The molecule has 222 valence electrons. The quantitative estimate of drug-likeness (QED) is 0.166. The Kier molecular flexibility index (Phi) is 11.2. The number of carbonyl (C=O) groups is 4. The van der Waals surface area contributed by atoms with Gasteiger partial charge in [-0.3, -0.25) is 19.2 Å². The van der Waals surface area contributed by atoms with E-state index in [0.717, 1.165) is 25.9 Å². The summed E-state index contributed by atoms with van der Waals surface area (Å²) in [6.07, 6.45) is 8.38. The van der Waals surface area contributed by atoms with Crippen LogP contribution in [0.15, 0.2) is 36.9 Å². The molecule has 0 aliphatic rings. The Hall–Kier alpha value is -4.43. The van der Waals surface area contributed by atoms with Crippen LogP contribution in [0, 0.1) is 0 Å². The van der Waals surface area contributed by atoms with Crippen molar-refractivity contribution >= 4 is 35.0 Å². The second kappa shape index (κ2) is 14.8. The molecule has 0 unspecified atom stereocenters. The lowest BCUT2D eigenvalue weighted by molar-refractivity contribution is -0.120. The molecule has 0 spiro atoms. The van der Waals surface area contributed by atoms with Gasteiger partial charge in [0.05, 0.1) is 11.4 Å². The van der Waals surface area contributed by atoms with Gasteiger partial charge in [0.25, 0.3) is 17.7 Å². The normalized spacial score (nSPS) is 11.0. The van der Waals surface area contributed by atoms with Gasteiger partial charge in [-0.2, -0.15) is 0 Å². The van der Waals surface area contributed by atoms with Gasteiger partial charge in [-0.1, -0.05) is 0 Å². The van der Waals surface area contributed by atoms with Gasteiger partial charge >= 0.3 is 0 Å². The van der Waals surface area contributed by atoms with Crippen molar-refractivity contribution in [2.24, 2.45) is 26.9 Å². The number of nitrogens with one attached hydrogen (secondary N) is 4. The average Bonchev–Trinajstić information content (AvgIpc) is 3.62. The minimum atomic E-state index is -0.412. The molecule has 3 aromatic heterocycles. The highest BCUT2D eigenvalue weighted by Gasteiger charge is 2.18. The molecule has 0 saturated carbocycles. The van der Waals surface area contributed by atoms with Crippen LogP contribution in [0.1, 0.15) is 50.9 Å². The van der Waals surface area contributed by atoms with Crippen LogP contribution in [0.4, 0.5) is 11.4 Å². The molecule has 4 amide bonds. The summed E-state index contributed by atoms with van der Waals surface area (Å²) in [4.78, 5) is 56.3. The zero-order valence-corrected chi connectivity index (χ0v) is 24.1. The van der Waals surface area contributed by atoms with Crippen molar-refractivity contribution in [3.63, 3.8) is 0 Å². The Labute approximate surface area is 239 Å². The highest BCUT2D eigenvalue weighted by Crippen LogP contribution is 2.18. The molecule has 0 saturated heterocycles. The first-order chi connectivity index (χ1) is 19.6. The van der Waals surface area contributed by atoms with Crippen LogP contribution in [0.25, 0.3) is 0 Å². The number of aromatic nitrogens is 4. The number of anilines is 2. The van der Waals surface area contributed by atoms with Gasteiger partial charge in [0, 0.05) is 65.4 Å². The fourth-order valence-corrected chi connectivity index (χ4v) is 4.20. The van der Waals surface area contributed by atoms with Crippen LogP contribution in [0.3, 0.4) is 0 Å². The summed E-state index contributed by atoms with van der Waals surface area (Å²) in [6.45, 7) is 3.22. The molecule has 14 nitrogen and oxygen atoms in total. The molecule has 14 heteroatoms. The van der Waals surface area contributed by atoms with Gasteiger partial charge < -0.3 is 45.6 Å². The molecule has 0 aliphatic carbocycles. The second-order valence-electron chi connectivity index (χ2n) is 9.87. The van der Waals surface area contributed by atoms with Crippen molar-refractivity contribution in [1.29, 1.82) is 0 Å². The van der Waals surface area contributed by atoms with E-state index in [9.17, 15) is 19.2 Å². The van der Waals surface area contributed by atoms with E-state index in [4.69, 9.17) is 5.73 Å². The highest BCUT2D eigenvalue weighted by molar-refractivity contribution is 6.06. The van der Waals surface area contributed by atoms with Crippen molar-refractivity contribution in [1.82, 2.24) is 34.2 Å². The number of nitrogens with zero attached hydrogens (tertiary/aromatic N) is 5. The molecule has 3 heterocycles. The van der Waals surface area contributed by atoms with Crippen LogP contribution in [0.5, 0.6) is 0 Å². The first-order valence-electron chi connectivity index (χ1n) is 13.4. The fourth-order valence-electron chi connectivity index (χ4n) is 4.20. The van der Waals surface area contributed by atoms with Crippen LogP contribution in [0.2, 0.25) is 0 Å². The number of rotatable bonds is 15. The van der Waals surface area contributed by atoms with Gasteiger partial charge in [-0.15, -0.1) is 0 Å². The summed E-state index contributed by atoms with van der Waals surface area (Å²) in [7, 11) is 7.12. The average molecular weight is 569 g/mol. The standard InChI is InChI=1S/C27H40N10O4/c1-34(12-5-8-28)13-6-9-29-23(38)7-10-31-25(39)21-15-19(17-36(21)3)32-26(40)22-16-20(18-37(22)4)33-27(41)24-30-11-14-35(24)2/h11,14-18H,5-10,12-13,28H2,1-4H3,(H,29,38)(H,31,39)(H,32,40)(H,33,41). The van der Waals surface area contributed by atoms with Crippen LogP contribution in [-0.2, 0) is 25.9 Å². The smallest absolute Gasteiger partial charge is 0.291 e. The summed E-state index contributed by atoms with van der Waals surface area (Å²) in [6, 6.07) is 3.11. The predicted molar refractivity (Wildman–Crippen MR) is 156 cm³/mol. The number of imidazole rings is 1. The highest BCUT2D eigenvalue weighted by atomic mass is 16.2. The molecule has 41 heavy (non-hydrogen) atoms. The van der Waals surface area contributed by atoms with E-state index in [2.05, 4.69) is 31.2 Å². The summed E-state index contributed by atoms with van der Waals surface area (Å²) in [5.74, 6) is -1.06. The van der Waals surface area contributed by atoms with Gasteiger partial charge in [0.2, 0.25) is 5.91 Å². The molecular weight excluding hydrogens is 528 g/mol. The minimum absolute atomic E-state index is 0.132. The van der Waals surface area contributed by atoms with E-state index in [1.54, 1.807) is 65.6 Å². The lowest BCUT2D eigenvalue weighted by atomic mass is 10.3. The third kappa shape index (κ3) is 9.05. The molecule has 0 bridgehead atoms. The van der Waals surface area contributed by atoms with Crippen molar-refractivity contribution in [3.8, 4) is 0 Å².